The molecule has 1 unspecified atom stereocenters. The Morgan fingerprint density at radius 3 is 2.53 bits per heavy atom. The van der Waals surface area contributed by atoms with Crippen LogP contribution in [0.15, 0.2) is 65.2 Å². The lowest BCUT2D eigenvalue weighted by atomic mass is 9.94. The van der Waals surface area contributed by atoms with Crippen LogP contribution in [0.2, 0.25) is 0 Å². The fourth-order valence-corrected chi connectivity index (χ4v) is 4.61. The summed E-state index contributed by atoms with van der Waals surface area (Å²) in [5.41, 5.74) is 3.06. The molecule has 36 heavy (non-hydrogen) atoms. The number of nitrogens with zero attached hydrogens (tertiary/aromatic N) is 3. The number of para-hydroxylation sites is 1. The van der Waals surface area contributed by atoms with Crippen molar-refractivity contribution in [3.05, 3.63) is 83.4 Å². The van der Waals surface area contributed by atoms with E-state index in [1.165, 1.54) is 17.0 Å². The van der Waals surface area contributed by atoms with E-state index in [9.17, 15) is 13.7 Å². The molecule has 1 N–H and O–H groups in total. The van der Waals surface area contributed by atoms with Crippen molar-refractivity contribution in [2.24, 2.45) is 0 Å². The van der Waals surface area contributed by atoms with E-state index in [1.807, 2.05) is 69.3 Å². The Kier molecular flexibility index (Phi) is 7.44. The van der Waals surface area contributed by atoms with Crippen molar-refractivity contribution >= 4 is 28.2 Å². The standard InChI is InChI=1S/C27H29FN4O3S/c1-27(2,3)36(34)31-22(16-23-20(28)14-15-21(29-23)26(33)32(4)5)17-10-6-7-11-18(17)25-19-12-8-9-13-24(19)35-30-25/h6-15,22,31H,16H2,1-5H3/t22-,36?/m0/s1. The fourth-order valence-electron chi connectivity index (χ4n) is 3.79. The molecule has 0 saturated heterocycles. The number of halogens is 1. The lowest BCUT2D eigenvalue weighted by Gasteiger charge is -2.29. The maximum Gasteiger partial charge on any atom is 0.271 e. The third-order valence-corrected chi connectivity index (χ3v) is 7.33. The highest BCUT2D eigenvalue weighted by Crippen LogP contribution is 2.35. The van der Waals surface area contributed by atoms with E-state index in [1.54, 1.807) is 14.1 Å². The molecule has 0 saturated carbocycles. The van der Waals surface area contributed by atoms with Gasteiger partial charge in [-0.1, -0.05) is 41.6 Å². The molecule has 2 aromatic carbocycles. The Morgan fingerprint density at radius 1 is 1.11 bits per heavy atom. The van der Waals surface area contributed by atoms with Gasteiger partial charge in [0, 0.05) is 42.8 Å². The second kappa shape index (κ2) is 10.4. The lowest BCUT2D eigenvalue weighted by Crippen LogP contribution is -2.42. The number of hydrogen-bond donors (Lipinski definition) is 1. The maximum absolute atomic E-state index is 14.9. The molecule has 0 fully saturated rings. The molecule has 0 aliphatic heterocycles. The Bertz CT molecular complexity index is 1380. The molecule has 2 aromatic heterocycles. The van der Waals surface area contributed by atoms with E-state index in [0.29, 0.717) is 11.3 Å². The van der Waals surface area contributed by atoms with E-state index in [4.69, 9.17) is 4.52 Å². The molecule has 7 nitrogen and oxygen atoms in total. The first-order valence-electron chi connectivity index (χ1n) is 11.5. The summed E-state index contributed by atoms with van der Waals surface area (Å²) in [7, 11) is 3.23. The molecule has 0 bridgehead atoms. The number of fused-ring (bicyclic) bond motifs is 1. The van der Waals surface area contributed by atoms with Gasteiger partial charge in [-0.05, 0) is 50.6 Å². The smallest absolute Gasteiger partial charge is 0.271 e. The summed E-state index contributed by atoms with van der Waals surface area (Å²) in [4.78, 5) is 18.2. The van der Waals surface area contributed by atoms with Crippen LogP contribution in [0.1, 0.15) is 48.6 Å². The van der Waals surface area contributed by atoms with Gasteiger partial charge in [-0.2, -0.15) is 0 Å². The number of amides is 1. The van der Waals surface area contributed by atoms with Crippen molar-refractivity contribution < 1.29 is 18.3 Å². The zero-order valence-electron chi connectivity index (χ0n) is 20.9. The molecular weight excluding hydrogens is 479 g/mol. The monoisotopic (exact) mass is 508 g/mol. The first-order valence-corrected chi connectivity index (χ1v) is 12.7. The van der Waals surface area contributed by atoms with Gasteiger partial charge in [-0.25, -0.2) is 9.37 Å². The molecule has 4 rings (SSSR count). The summed E-state index contributed by atoms with van der Waals surface area (Å²) in [6.45, 7) is 5.58. The van der Waals surface area contributed by atoms with E-state index in [-0.39, 0.29) is 23.7 Å². The molecular formula is C27H29FN4O3S. The number of pyridine rings is 1. The number of carbonyl (C=O) groups excluding carboxylic acids is 1. The van der Waals surface area contributed by atoms with Crippen molar-refractivity contribution in [3.63, 3.8) is 0 Å². The van der Waals surface area contributed by atoms with Crippen LogP contribution in [0.25, 0.3) is 22.2 Å². The van der Waals surface area contributed by atoms with Crippen molar-refractivity contribution in [1.29, 1.82) is 0 Å². The summed E-state index contributed by atoms with van der Waals surface area (Å²) < 4.78 is 36.3. The van der Waals surface area contributed by atoms with E-state index in [2.05, 4.69) is 14.9 Å². The quantitative estimate of drug-likeness (QED) is 0.351. The van der Waals surface area contributed by atoms with E-state index >= 15 is 0 Å². The Morgan fingerprint density at radius 2 is 1.81 bits per heavy atom. The minimum atomic E-state index is -1.47. The minimum Gasteiger partial charge on any atom is -0.598 e. The predicted molar refractivity (Wildman–Crippen MR) is 139 cm³/mol. The van der Waals surface area contributed by atoms with Gasteiger partial charge >= 0.3 is 0 Å². The highest BCUT2D eigenvalue weighted by molar-refractivity contribution is 7.90. The largest absolute Gasteiger partial charge is 0.598 e. The third kappa shape index (κ3) is 5.43. The van der Waals surface area contributed by atoms with Crippen molar-refractivity contribution in [2.75, 3.05) is 14.1 Å². The van der Waals surface area contributed by atoms with Gasteiger partial charge in [0.1, 0.15) is 22.0 Å². The maximum atomic E-state index is 14.9. The van der Waals surface area contributed by atoms with Gasteiger partial charge in [0.2, 0.25) is 0 Å². The Labute approximate surface area is 213 Å². The van der Waals surface area contributed by atoms with Gasteiger partial charge in [0.15, 0.2) is 5.58 Å². The molecule has 4 aromatic rings. The van der Waals surface area contributed by atoms with Gasteiger partial charge in [-0.3, -0.25) is 4.79 Å². The second-order valence-electron chi connectivity index (χ2n) is 9.69. The average Bonchev–Trinajstić information content (AvgIpc) is 3.27. The van der Waals surface area contributed by atoms with Crippen LogP contribution < -0.4 is 4.72 Å². The summed E-state index contributed by atoms with van der Waals surface area (Å²) >= 11 is -1.47. The Balaban J connectivity index is 1.81. The third-order valence-electron chi connectivity index (χ3n) is 5.72. The average molecular weight is 509 g/mol. The zero-order chi connectivity index (χ0) is 26.0. The summed E-state index contributed by atoms with van der Waals surface area (Å²) in [6, 6.07) is 17.1. The molecule has 2 atom stereocenters. The number of hydrogen-bond acceptors (Lipinski definition) is 6. The Hall–Kier alpha value is -3.27. The first-order chi connectivity index (χ1) is 17.1. The topological polar surface area (TPSA) is 94.3 Å². The number of nitrogens with one attached hydrogen (secondary N) is 1. The highest BCUT2D eigenvalue weighted by Gasteiger charge is 2.32. The zero-order valence-corrected chi connectivity index (χ0v) is 21.7. The lowest BCUT2D eigenvalue weighted by molar-refractivity contribution is 0.0821. The van der Waals surface area contributed by atoms with Crippen LogP contribution >= 0.6 is 0 Å². The van der Waals surface area contributed by atoms with Crippen molar-refractivity contribution in [2.45, 2.75) is 38.0 Å². The van der Waals surface area contributed by atoms with Crippen LogP contribution in [-0.2, 0) is 17.8 Å². The molecule has 0 aliphatic carbocycles. The van der Waals surface area contributed by atoms with Gasteiger partial charge < -0.3 is 14.0 Å². The number of rotatable bonds is 7. The molecule has 1 amide bonds. The summed E-state index contributed by atoms with van der Waals surface area (Å²) in [5, 5.41) is 5.14. The van der Waals surface area contributed by atoms with Gasteiger partial charge in [0.25, 0.3) is 5.91 Å². The van der Waals surface area contributed by atoms with Crippen LogP contribution in [0.3, 0.4) is 0 Å². The summed E-state index contributed by atoms with van der Waals surface area (Å²) in [6.07, 6.45) is 0.0645. The van der Waals surface area contributed by atoms with Gasteiger partial charge in [-0.15, -0.1) is 4.72 Å². The normalized spacial score (nSPS) is 13.5. The van der Waals surface area contributed by atoms with Crippen LogP contribution in [-0.4, -0.2) is 44.3 Å². The van der Waals surface area contributed by atoms with Crippen LogP contribution in [0.4, 0.5) is 4.39 Å². The molecule has 9 heteroatoms. The molecule has 188 valence electrons. The number of aromatic nitrogens is 2. The second-order valence-corrected chi connectivity index (χ2v) is 11.7. The predicted octanol–water partition coefficient (Wildman–Crippen LogP) is 5.07. The molecule has 0 radical (unpaired) electrons. The van der Waals surface area contributed by atoms with Crippen molar-refractivity contribution in [1.82, 2.24) is 19.8 Å². The van der Waals surface area contributed by atoms with E-state index in [0.717, 1.165) is 16.5 Å². The SMILES string of the molecule is CN(C)C(=O)c1ccc(F)c(C[C@H](N[S+]([O-])C(C)(C)C)c2ccccc2-c2noc3ccccc23)n1. The number of carbonyl (C=O) groups is 1. The first kappa shape index (κ1) is 25.8. The van der Waals surface area contributed by atoms with Crippen LogP contribution in [0.5, 0.6) is 0 Å². The number of benzene rings is 2. The molecule has 0 spiro atoms. The minimum absolute atomic E-state index is 0.0645. The van der Waals surface area contributed by atoms with Gasteiger partial charge in [0.05, 0.1) is 11.7 Å². The fraction of sp³-hybridized carbons (Fsp3) is 0.296. The summed E-state index contributed by atoms with van der Waals surface area (Å²) in [5.74, 6) is -0.864. The van der Waals surface area contributed by atoms with Crippen molar-refractivity contribution in [3.8, 4) is 11.3 Å². The van der Waals surface area contributed by atoms with E-state index < -0.39 is 28.0 Å². The molecule has 0 aliphatic rings. The van der Waals surface area contributed by atoms with Crippen LogP contribution in [0, 0.1) is 5.82 Å². The molecule has 2 heterocycles. The highest BCUT2D eigenvalue weighted by atomic mass is 32.2.